The Kier molecular flexibility index (Phi) is 5.24. The van der Waals surface area contributed by atoms with E-state index in [-0.39, 0.29) is 11.5 Å². The third-order valence-corrected chi connectivity index (χ3v) is 5.61. The van der Waals surface area contributed by atoms with Gasteiger partial charge in [-0.05, 0) is 37.5 Å². The van der Waals surface area contributed by atoms with E-state index in [1.54, 1.807) is 4.90 Å². The highest BCUT2D eigenvalue weighted by Crippen LogP contribution is 2.33. The largest absolute Gasteiger partial charge is 0.416 e. The molecule has 1 heterocycles. The third-order valence-electron chi connectivity index (χ3n) is 4.09. The van der Waals surface area contributed by atoms with E-state index in [1.165, 1.54) is 13.8 Å². The molecule has 1 fully saturated rings. The average molecular weight is 364 g/mol. The van der Waals surface area contributed by atoms with Crippen molar-refractivity contribution in [3.63, 3.8) is 0 Å². The van der Waals surface area contributed by atoms with Crippen LogP contribution in [0.4, 0.5) is 13.2 Å². The van der Waals surface area contributed by atoms with Gasteiger partial charge in [-0.25, -0.2) is 13.1 Å². The maximum atomic E-state index is 12.9. The van der Waals surface area contributed by atoms with Gasteiger partial charge in [-0.2, -0.15) is 13.2 Å². The average Bonchev–Trinajstić information content (AvgIpc) is 2.46. The molecule has 0 atom stereocenters. The van der Waals surface area contributed by atoms with Gasteiger partial charge in [0.05, 0.1) is 10.5 Å². The molecule has 1 aromatic carbocycles. The molecule has 0 bridgehead atoms. The molecule has 134 valence electrons. The van der Waals surface area contributed by atoms with E-state index in [1.807, 2.05) is 0 Å². The number of alkyl halides is 3. The molecule has 0 aliphatic carbocycles. The van der Waals surface area contributed by atoms with Crippen molar-refractivity contribution in [3.8, 4) is 0 Å². The number of rotatable bonds is 3. The molecular formula is C15H19F3N2O3S. The summed E-state index contributed by atoms with van der Waals surface area (Å²) >= 11 is 0. The minimum absolute atomic E-state index is 0.0313. The fourth-order valence-electron chi connectivity index (χ4n) is 2.67. The van der Waals surface area contributed by atoms with E-state index in [0.29, 0.717) is 32.0 Å². The quantitative estimate of drug-likeness (QED) is 0.895. The number of halogens is 3. The summed E-state index contributed by atoms with van der Waals surface area (Å²) in [6, 6.07) is 2.57. The van der Waals surface area contributed by atoms with Crippen molar-refractivity contribution in [2.75, 3.05) is 13.1 Å². The highest BCUT2D eigenvalue weighted by molar-refractivity contribution is 7.89. The molecule has 0 saturated carbocycles. The standard InChI is InChI=1S/C15H19F3N2O3S/c1-10-3-4-13(9-14(10)15(16,17)18)24(22,23)19-12-5-7-20(8-6-12)11(2)21/h3-4,9,12,19H,5-8H2,1-2H3. The molecule has 1 saturated heterocycles. The molecule has 24 heavy (non-hydrogen) atoms. The topological polar surface area (TPSA) is 66.5 Å². The predicted molar refractivity (Wildman–Crippen MR) is 81.8 cm³/mol. The number of amides is 1. The Morgan fingerprint density at radius 2 is 1.83 bits per heavy atom. The van der Waals surface area contributed by atoms with Crippen LogP contribution in [-0.4, -0.2) is 38.4 Å². The monoisotopic (exact) mass is 364 g/mol. The molecule has 1 amide bonds. The molecule has 1 N–H and O–H groups in total. The second-order valence-electron chi connectivity index (χ2n) is 5.88. The molecule has 5 nitrogen and oxygen atoms in total. The van der Waals surface area contributed by atoms with Gasteiger partial charge in [0.25, 0.3) is 0 Å². The number of carbonyl (C=O) groups excluding carboxylic acids is 1. The lowest BCUT2D eigenvalue weighted by molar-refractivity contribution is -0.138. The first-order chi connectivity index (χ1) is 11.0. The molecule has 1 aliphatic heterocycles. The van der Waals surface area contributed by atoms with Crippen LogP contribution in [0, 0.1) is 6.92 Å². The number of hydrogen-bond acceptors (Lipinski definition) is 3. The third kappa shape index (κ3) is 4.27. The second kappa shape index (κ2) is 6.72. The molecule has 9 heteroatoms. The fraction of sp³-hybridized carbons (Fsp3) is 0.533. The number of carbonyl (C=O) groups is 1. The van der Waals surface area contributed by atoms with Gasteiger partial charge in [-0.3, -0.25) is 4.79 Å². The lowest BCUT2D eigenvalue weighted by Gasteiger charge is -2.31. The first-order valence-corrected chi connectivity index (χ1v) is 8.95. The smallest absolute Gasteiger partial charge is 0.343 e. The number of nitrogens with one attached hydrogen (secondary N) is 1. The lowest BCUT2D eigenvalue weighted by atomic mass is 10.1. The zero-order valence-corrected chi connectivity index (χ0v) is 14.2. The van der Waals surface area contributed by atoms with Crippen LogP contribution in [0.1, 0.15) is 30.9 Å². The van der Waals surface area contributed by atoms with Crippen LogP contribution < -0.4 is 4.72 Å². The summed E-state index contributed by atoms with van der Waals surface area (Å²) in [5, 5.41) is 0. The number of hydrogen-bond donors (Lipinski definition) is 1. The summed E-state index contributed by atoms with van der Waals surface area (Å²) in [5.41, 5.74) is -0.993. The van der Waals surface area contributed by atoms with Gasteiger partial charge in [-0.15, -0.1) is 0 Å². The van der Waals surface area contributed by atoms with Crippen molar-refractivity contribution >= 4 is 15.9 Å². The van der Waals surface area contributed by atoms with Gasteiger partial charge in [0, 0.05) is 26.1 Å². The SMILES string of the molecule is CC(=O)N1CCC(NS(=O)(=O)c2ccc(C)c(C(F)(F)F)c2)CC1. The summed E-state index contributed by atoms with van der Waals surface area (Å²) < 4.78 is 66.0. The van der Waals surface area contributed by atoms with Gasteiger partial charge in [0.2, 0.25) is 15.9 Å². The lowest BCUT2D eigenvalue weighted by Crippen LogP contribution is -2.45. The Bertz CT molecular complexity index is 724. The number of sulfonamides is 1. The number of nitrogens with zero attached hydrogens (tertiary/aromatic N) is 1. The normalized spacial score (nSPS) is 17.1. The van der Waals surface area contributed by atoms with Gasteiger partial charge >= 0.3 is 6.18 Å². The Morgan fingerprint density at radius 3 is 2.33 bits per heavy atom. The number of benzene rings is 1. The van der Waals surface area contributed by atoms with Crippen LogP contribution >= 0.6 is 0 Å². The molecule has 2 rings (SSSR count). The van der Waals surface area contributed by atoms with Crippen molar-refractivity contribution in [1.29, 1.82) is 0 Å². The van der Waals surface area contributed by atoms with Gasteiger partial charge in [-0.1, -0.05) is 6.07 Å². The van der Waals surface area contributed by atoms with Crippen molar-refractivity contribution in [2.45, 2.75) is 43.8 Å². The summed E-state index contributed by atoms with van der Waals surface area (Å²) in [6.45, 7) is 3.56. The van der Waals surface area contributed by atoms with Crippen molar-refractivity contribution in [2.24, 2.45) is 0 Å². The molecule has 0 unspecified atom stereocenters. The van der Waals surface area contributed by atoms with Crippen molar-refractivity contribution < 1.29 is 26.4 Å². The van der Waals surface area contributed by atoms with E-state index in [4.69, 9.17) is 0 Å². The molecule has 1 aliphatic rings. The highest BCUT2D eigenvalue weighted by Gasteiger charge is 2.34. The Labute approximate surface area is 138 Å². The summed E-state index contributed by atoms with van der Waals surface area (Å²) in [5.74, 6) is -0.0790. The van der Waals surface area contributed by atoms with Crippen LogP contribution in [0.2, 0.25) is 0 Å². The van der Waals surface area contributed by atoms with Crippen LogP contribution in [0.3, 0.4) is 0 Å². The van der Waals surface area contributed by atoms with E-state index in [0.717, 1.165) is 12.1 Å². The van der Waals surface area contributed by atoms with Crippen molar-refractivity contribution in [3.05, 3.63) is 29.3 Å². The summed E-state index contributed by atoms with van der Waals surface area (Å²) in [7, 11) is -4.05. The predicted octanol–water partition coefficient (Wildman–Crippen LogP) is 2.30. The summed E-state index contributed by atoms with van der Waals surface area (Å²) in [4.78, 5) is 12.5. The Hall–Kier alpha value is -1.61. The van der Waals surface area contributed by atoms with Gasteiger partial charge in [0.1, 0.15) is 0 Å². The fourth-order valence-corrected chi connectivity index (χ4v) is 4.00. The minimum Gasteiger partial charge on any atom is -0.343 e. The molecule has 0 spiro atoms. The maximum Gasteiger partial charge on any atom is 0.416 e. The molecule has 0 aromatic heterocycles. The van der Waals surface area contributed by atoms with Crippen LogP contribution in [0.5, 0.6) is 0 Å². The summed E-state index contributed by atoms with van der Waals surface area (Å²) in [6.07, 6.45) is -3.75. The van der Waals surface area contributed by atoms with Crippen LogP contribution in [0.15, 0.2) is 23.1 Å². The van der Waals surface area contributed by atoms with Crippen LogP contribution in [0.25, 0.3) is 0 Å². The zero-order chi connectivity index (χ0) is 18.1. The Balaban J connectivity index is 2.16. The Morgan fingerprint density at radius 1 is 1.25 bits per heavy atom. The van der Waals surface area contributed by atoms with E-state index >= 15 is 0 Å². The van der Waals surface area contributed by atoms with Gasteiger partial charge < -0.3 is 4.90 Å². The zero-order valence-electron chi connectivity index (χ0n) is 13.4. The second-order valence-corrected chi connectivity index (χ2v) is 7.59. The number of likely N-dealkylation sites (tertiary alicyclic amines) is 1. The number of piperidine rings is 1. The van der Waals surface area contributed by atoms with E-state index < -0.39 is 32.7 Å². The number of aryl methyl sites for hydroxylation is 1. The first-order valence-electron chi connectivity index (χ1n) is 7.46. The highest BCUT2D eigenvalue weighted by atomic mass is 32.2. The first kappa shape index (κ1) is 18.7. The van der Waals surface area contributed by atoms with Crippen LogP contribution in [-0.2, 0) is 21.0 Å². The molecular weight excluding hydrogens is 345 g/mol. The van der Waals surface area contributed by atoms with E-state index in [9.17, 15) is 26.4 Å². The molecule has 0 radical (unpaired) electrons. The minimum atomic E-state index is -4.61. The molecule has 1 aromatic rings. The van der Waals surface area contributed by atoms with Gasteiger partial charge in [0.15, 0.2) is 0 Å². The maximum absolute atomic E-state index is 12.9. The van der Waals surface area contributed by atoms with E-state index in [2.05, 4.69) is 4.72 Å². The van der Waals surface area contributed by atoms with Crippen molar-refractivity contribution in [1.82, 2.24) is 9.62 Å².